The maximum atomic E-state index is 11.8. The van der Waals surface area contributed by atoms with Gasteiger partial charge in [0.1, 0.15) is 11.5 Å². The molecule has 0 saturated carbocycles. The van der Waals surface area contributed by atoms with Crippen molar-refractivity contribution in [2.24, 2.45) is 5.92 Å². The Hall–Kier alpha value is -2.35. The lowest BCUT2D eigenvalue weighted by molar-refractivity contribution is -0.113. The van der Waals surface area contributed by atoms with E-state index in [2.05, 4.69) is 0 Å². The number of hydrogen-bond donors (Lipinski definition) is 0. The van der Waals surface area contributed by atoms with E-state index in [9.17, 15) is 4.79 Å². The van der Waals surface area contributed by atoms with Crippen LogP contribution >= 0.6 is 0 Å². The van der Waals surface area contributed by atoms with E-state index in [4.69, 9.17) is 4.74 Å². The van der Waals surface area contributed by atoms with Crippen LogP contribution < -0.4 is 4.74 Å². The van der Waals surface area contributed by atoms with Crippen molar-refractivity contribution >= 4 is 11.4 Å². The van der Waals surface area contributed by atoms with Gasteiger partial charge in [-0.1, -0.05) is 44.2 Å². The van der Waals surface area contributed by atoms with Gasteiger partial charge in [-0.05, 0) is 55.2 Å². The number of ether oxygens (including phenoxy) is 1. The van der Waals surface area contributed by atoms with E-state index in [1.807, 2.05) is 75.4 Å². The number of carbonyl (C=O) groups excluding carboxylic acids is 1. The van der Waals surface area contributed by atoms with E-state index in [1.54, 1.807) is 6.92 Å². The fourth-order valence-corrected chi connectivity index (χ4v) is 2.66. The predicted octanol–water partition coefficient (Wildman–Crippen LogP) is 5.50. The maximum Gasteiger partial charge on any atom is 0.156 e. The molecule has 0 heterocycles. The van der Waals surface area contributed by atoms with Crippen LogP contribution in [0.25, 0.3) is 5.57 Å². The molecule has 0 aliphatic carbocycles. The molecular weight excluding hydrogens is 272 g/mol. The lowest BCUT2D eigenvalue weighted by atomic mass is 9.91. The number of ketones is 1. The first-order valence-electron chi connectivity index (χ1n) is 7.54. The molecule has 0 spiro atoms. The highest BCUT2D eigenvalue weighted by molar-refractivity contribution is 6.01. The molecule has 0 fully saturated rings. The molecule has 0 unspecified atom stereocenters. The van der Waals surface area contributed by atoms with Crippen LogP contribution in [0.3, 0.4) is 0 Å². The molecule has 2 aromatic carbocycles. The molecule has 2 rings (SSSR count). The van der Waals surface area contributed by atoms with Crippen molar-refractivity contribution in [3.8, 4) is 11.5 Å². The minimum atomic E-state index is 0.136. The molecule has 0 aliphatic rings. The zero-order valence-electron chi connectivity index (χ0n) is 13.6. The molecule has 22 heavy (non-hydrogen) atoms. The van der Waals surface area contributed by atoms with Gasteiger partial charge < -0.3 is 4.74 Å². The fraction of sp³-hybridized carbons (Fsp3) is 0.250. The van der Waals surface area contributed by atoms with Crippen molar-refractivity contribution in [2.75, 3.05) is 0 Å². The molecular formula is C20H22O2. The van der Waals surface area contributed by atoms with Gasteiger partial charge >= 0.3 is 0 Å². The van der Waals surface area contributed by atoms with Crippen molar-refractivity contribution in [2.45, 2.75) is 27.7 Å². The van der Waals surface area contributed by atoms with Crippen LogP contribution in [0.5, 0.6) is 11.5 Å². The highest BCUT2D eigenvalue weighted by Gasteiger charge is 2.13. The number of rotatable bonds is 5. The van der Waals surface area contributed by atoms with Crippen LogP contribution in [0.2, 0.25) is 0 Å². The Balaban J connectivity index is 2.25. The van der Waals surface area contributed by atoms with Crippen LogP contribution in [0.1, 0.15) is 33.3 Å². The maximum absolute atomic E-state index is 11.8. The largest absolute Gasteiger partial charge is 0.457 e. The molecule has 0 atom stereocenters. The SMILES string of the molecule is CC(=O)C(=C(C)c1ccc(Oc2ccccc2)cc1)C(C)C. The molecule has 0 radical (unpaired) electrons. The third-order valence-corrected chi connectivity index (χ3v) is 3.63. The quantitative estimate of drug-likeness (QED) is 0.681. The third-order valence-electron chi connectivity index (χ3n) is 3.63. The van der Waals surface area contributed by atoms with E-state index >= 15 is 0 Å². The number of allylic oxidation sites excluding steroid dienone is 2. The highest BCUT2D eigenvalue weighted by Crippen LogP contribution is 2.27. The second-order valence-electron chi connectivity index (χ2n) is 5.69. The van der Waals surface area contributed by atoms with Crippen molar-refractivity contribution in [3.05, 3.63) is 65.7 Å². The second kappa shape index (κ2) is 7.08. The summed E-state index contributed by atoms with van der Waals surface area (Å²) in [6.45, 7) is 7.73. The number of benzene rings is 2. The van der Waals surface area contributed by atoms with Gasteiger partial charge in [0, 0.05) is 5.57 Å². The Labute approximate surface area is 132 Å². The van der Waals surface area contributed by atoms with E-state index < -0.39 is 0 Å². The molecule has 2 aromatic rings. The average molecular weight is 294 g/mol. The molecule has 0 amide bonds. The Bertz CT molecular complexity index is 665. The number of para-hydroxylation sites is 1. The minimum absolute atomic E-state index is 0.136. The Morgan fingerprint density at radius 2 is 1.41 bits per heavy atom. The molecule has 0 bridgehead atoms. The van der Waals surface area contributed by atoms with Gasteiger partial charge in [-0.25, -0.2) is 0 Å². The summed E-state index contributed by atoms with van der Waals surface area (Å²) in [6, 6.07) is 17.6. The second-order valence-corrected chi connectivity index (χ2v) is 5.69. The van der Waals surface area contributed by atoms with Gasteiger partial charge in [0.2, 0.25) is 0 Å². The lowest BCUT2D eigenvalue weighted by Crippen LogP contribution is -2.06. The van der Waals surface area contributed by atoms with Gasteiger partial charge in [0.15, 0.2) is 5.78 Å². The fourth-order valence-electron chi connectivity index (χ4n) is 2.66. The van der Waals surface area contributed by atoms with E-state index in [1.165, 1.54) is 0 Å². The van der Waals surface area contributed by atoms with Gasteiger partial charge in [-0.2, -0.15) is 0 Å². The number of Topliss-reactive ketones (excluding diaryl/α,β-unsaturated/α-hetero) is 1. The van der Waals surface area contributed by atoms with Crippen molar-refractivity contribution in [1.82, 2.24) is 0 Å². The summed E-state index contributed by atoms with van der Waals surface area (Å²) in [5.74, 6) is 1.96. The molecule has 114 valence electrons. The summed E-state index contributed by atoms with van der Waals surface area (Å²) in [7, 11) is 0. The summed E-state index contributed by atoms with van der Waals surface area (Å²) in [4.78, 5) is 11.8. The first-order valence-corrected chi connectivity index (χ1v) is 7.54. The Morgan fingerprint density at radius 3 is 1.91 bits per heavy atom. The zero-order chi connectivity index (χ0) is 16.1. The van der Waals surface area contributed by atoms with E-state index in [0.29, 0.717) is 0 Å². The van der Waals surface area contributed by atoms with Crippen molar-refractivity contribution in [1.29, 1.82) is 0 Å². The predicted molar refractivity (Wildman–Crippen MR) is 91.1 cm³/mol. The monoisotopic (exact) mass is 294 g/mol. The van der Waals surface area contributed by atoms with Crippen LogP contribution in [-0.2, 0) is 4.79 Å². The number of hydrogen-bond acceptors (Lipinski definition) is 2. The van der Waals surface area contributed by atoms with Crippen LogP contribution in [0, 0.1) is 5.92 Å². The molecule has 2 nitrogen and oxygen atoms in total. The minimum Gasteiger partial charge on any atom is -0.457 e. The van der Waals surface area contributed by atoms with Gasteiger partial charge in [-0.15, -0.1) is 0 Å². The first kappa shape index (κ1) is 16.0. The van der Waals surface area contributed by atoms with Gasteiger partial charge in [0.05, 0.1) is 0 Å². The third kappa shape index (κ3) is 3.85. The van der Waals surface area contributed by atoms with Crippen LogP contribution in [0.4, 0.5) is 0 Å². The van der Waals surface area contributed by atoms with E-state index in [-0.39, 0.29) is 11.7 Å². The van der Waals surface area contributed by atoms with Gasteiger partial charge in [-0.3, -0.25) is 4.79 Å². The van der Waals surface area contributed by atoms with E-state index in [0.717, 1.165) is 28.2 Å². The molecule has 2 heteroatoms. The standard InChI is InChI=1S/C20H22O2/c1-14(2)20(16(4)21)15(3)17-10-12-19(13-11-17)22-18-8-6-5-7-9-18/h5-14H,1-4H3. The summed E-state index contributed by atoms with van der Waals surface area (Å²) in [5, 5.41) is 0. The molecule has 0 saturated heterocycles. The normalized spacial score (nSPS) is 12.0. The summed E-state index contributed by atoms with van der Waals surface area (Å²) < 4.78 is 5.79. The highest BCUT2D eigenvalue weighted by atomic mass is 16.5. The van der Waals surface area contributed by atoms with Crippen molar-refractivity contribution < 1.29 is 9.53 Å². The van der Waals surface area contributed by atoms with Crippen molar-refractivity contribution in [3.63, 3.8) is 0 Å². The van der Waals surface area contributed by atoms with Gasteiger partial charge in [0.25, 0.3) is 0 Å². The smallest absolute Gasteiger partial charge is 0.156 e. The Morgan fingerprint density at radius 1 is 0.864 bits per heavy atom. The summed E-state index contributed by atoms with van der Waals surface area (Å²) in [5.41, 5.74) is 2.98. The number of carbonyl (C=O) groups is 1. The lowest BCUT2D eigenvalue weighted by Gasteiger charge is -2.14. The van der Waals surface area contributed by atoms with Crippen LogP contribution in [-0.4, -0.2) is 5.78 Å². The van der Waals surface area contributed by atoms with Crippen LogP contribution in [0.15, 0.2) is 60.2 Å². The summed E-state index contributed by atoms with van der Waals surface area (Å²) in [6.07, 6.45) is 0. The molecule has 0 N–H and O–H groups in total. The molecule has 0 aromatic heterocycles. The Kier molecular flexibility index (Phi) is 5.16. The topological polar surface area (TPSA) is 26.3 Å². The average Bonchev–Trinajstić information content (AvgIpc) is 2.48. The summed E-state index contributed by atoms with van der Waals surface area (Å²) >= 11 is 0. The zero-order valence-corrected chi connectivity index (χ0v) is 13.6. The molecule has 0 aliphatic heterocycles. The first-order chi connectivity index (χ1) is 10.5.